The molecule has 2 heteroatoms. The fourth-order valence-corrected chi connectivity index (χ4v) is 2.81. The number of rotatable bonds is 0. The largest absolute Gasteiger partial charge is 0.207 e. The van der Waals surface area contributed by atoms with Crippen LogP contribution in [-0.2, 0) is 0 Å². The van der Waals surface area contributed by atoms with Crippen molar-refractivity contribution in [1.82, 2.24) is 0 Å². The van der Waals surface area contributed by atoms with E-state index in [9.17, 15) is 8.78 Å². The summed E-state index contributed by atoms with van der Waals surface area (Å²) >= 11 is 0. The van der Waals surface area contributed by atoms with Gasteiger partial charge in [-0.2, -0.15) is 0 Å². The fraction of sp³-hybridized carbons (Fsp3) is 0.100. The van der Waals surface area contributed by atoms with E-state index in [4.69, 9.17) is 0 Å². The molecule has 0 fully saturated rings. The summed E-state index contributed by atoms with van der Waals surface area (Å²) in [6.45, 7) is 4.00. The lowest BCUT2D eigenvalue weighted by Gasteiger charge is -2.07. The molecule has 0 radical (unpaired) electrons. The molecular formula is C20H16F2. The molecule has 0 nitrogen and oxygen atoms in total. The summed E-state index contributed by atoms with van der Waals surface area (Å²) in [4.78, 5) is 0. The molecule has 0 aliphatic carbocycles. The molecule has 0 aliphatic rings. The van der Waals surface area contributed by atoms with Gasteiger partial charge < -0.3 is 0 Å². The van der Waals surface area contributed by atoms with Gasteiger partial charge in [-0.1, -0.05) is 50.2 Å². The van der Waals surface area contributed by atoms with E-state index in [1.54, 1.807) is 12.1 Å². The van der Waals surface area contributed by atoms with E-state index >= 15 is 0 Å². The second-order valence-corrected chi connectivity index (χ2v) is 4.96. The van der Waals surface area contributed by atoms with E-state index in [0.29, 0.717) is 0 Å². The van der Waals surface area contributed by atoms with Crippen LogP contribution in [-0.4, -0.2) is 0 Å². The number of fused-ring (bicyclic) bond motifs is 5. The first-order chi connectivity index (χ1) is 10.7. The van der Waals surface area contributed by atoms with Gasteiger partial charge in [0.15, 0.2) is 0 Å². The molecule has 0 saturated carbocycles. The Morgan fingerprint density at radius 3 is 1.27 bits per heavy atom. The zero-order chi connectivity index (χ0) is 15.7. The minimum atomic E-state index is -0.260. The quantitative estimate of drug-likeness (QED) is 0.327. The topological polar surface area (TPSA) is 0 Å². The first-order valence-electron chi connectivity index (χ1n) is 7.43. The molecule has 0 amide bonds. The Morgan fingerprint density at radius 1 is 0.500 bits per heavy atom. The first kappa shape index (κ1) is 14.5. The molecule has 0 aliphatic heterocycles. The van der Waals surface area contributed by atoms with E-state index < -0.39 is 0 Å². The number of hydrogen-bond donors (Lipinski definition) is 0. The molecule has 0 aromatic heterocycles. The van der Waals surface area contributed by atoms with Gasteiger partial charge >= 0.3 is 0 Å². The Kier molecular flexibility index (Phi) is 3.76. The van der Waals surface area contributed by atoms with Crippen molar-refractivity contribution in [3.8, 4) is 0 Å². The summed E-state index contributed by atoms with van der Waals surface area (Å²) in [5.74, 6) is -0.520. The third kappa shape index (κ3) is 2.31. The first-order valence-corrected chi connectivity index (χ1v) is 7.43. The summed E-state index contributed by atoms with van der Waals surface area (Å²) in [5, 5.41) is 5.56. The average Bonchev–Trinajstić information content (AvgIpc) is 2.56. The van der Waals surface area contributed by atoms with Crippen LogP contribution < -0.4 is 0 Å². The van der Waals surface area contributed by atoms with Gasteiger partial charge in [-0.15, -0.1) is 0 Å². The summed E-state index contributed by atoms with van der Waals surface area (Å²) in [7, 11) is 0. The zero-order valence-corrected chi connectivity index (χ0v) is 12.5. The van der Waals surface area contributed by atoms with Crippen LogP contribution in [0, 0.1) is 11.6 Å². The van der Waals surface area contributed by atoms with Crippen LogP contribution in [0.15, 0.2) is 60.7 Å². The summed E-state index contributed by atoms with van der Waals surface area (Å²) in [5.41, 5.74) is 0. The Bertz CT molecular complexity index is 890. The van der Waals surface area contributed by atoms with Crippen LogP contribution in [0.4, 0.5) is 8.78 Å². The monoisotopic (exact) mass is 294 g/mol. The van der Waals surface area contributed by atoms with Gasteiger partial charge in [0.25, 0.3) is 0 Å². The average molecular weight is 294 g/mol. The summed E-state index contributed by atoms with van der Waals surface area (Å²) < 4.78 is 27.0. The second-order valence-electron chi connectivity index (χ2n) is 4.96. The number of hydrogen-bond acceptors (Lipinski definition) is 0. The van der Waals surface area contributed by atoms with Gasteiger partial charge in [-0.05, 0) is 56.6 Å². The molecule has 0 N–H and O–H groups in total. The molecule has 0 unspecified atom stereocenters. The molecular weight excluding hydrogens is 278 g/mol. The van der Waals surface area contributed by atoms with Crippen molar-refractivity contribution in [3.63, 3.8) is 0 Å². The highest BCUT2D eigenvalue weighted by Gasteiger charge is 2.06. The molecule has 4 aromatic rings. The van der Waals surface area contributed by atoms with E-state index in [1.165, 1.54) is 24.3 Å². The normalized spacial score (nSPS) is 10.7. The molecule has 0 saturated heterocycles. The minimum absolute atomic E-state index is 0.260. The minimum Gasteiger partial charge on any atom is -0.207 e. The van der Waals surface area contributed by atoms with Crippen LogP contribution in [0.2, 0.25) is 0 Å². The van der Waals surface area contributed by atoms with Gasteiger partial charge in [-0.25, -0.2) is 8.78 Å². The van der Waals surface area contributed by atoms with Crippen LogP contribution >= 0.6 is 0 Å². The Labute approximate surface area is 128 Å². The van der Waals surface area contributed by atoms with E-state index in [1.807, 2.05) is 38.1 Å². The number of benzene rings is 4. The van der Waals surface area contributed by atoms with Crippen LogP contribution in [0.3, 0.4) is 0 Å². The van der Waals surface area contributed by atoms with Crippen LogP contribution in [0.1, 0.15) is 13.8 Å². The lowest BCUT2D eigenvalue weighted by atomic mass is 9.97. The molecule has 0 heterocycles. The van der Waals surface area contributed by atoms with E-state index in [2.05, 4.69) is 0 Å². The lowest BCUT2D eigenvalue weighted by molar-refractivity contribution is 0.629. The zero-order valence-electron chi connectivity index (χ0n) is 12.5. The molecule has 22 heavy (non-hydrogen) atoms. The predicted molar refractivity (Wildman–Crippen MR) is 90.2 cm³/mol. The Hall–Kier alpha value is -2.48. The van der Waals surface area contributed by atoms with Gasteiger partial charge in [-0.3, -0.25) is 0 Å². The van der Waals surface area contributed by atoms with Crippen molar-refractivity contribution in [1.29, 1.82) is 0 Å². The highest BCUT2D eigenvalue weighted by molar-refractivity contribution is 6.17. The van der Waals surface area contributed by atoms with Crippen molar-refractivity contribution < 1.29 is 8.78 Å². The SMILES string of the molecule is CC.Fc1ccc2ccc3c4cc(F)ccc4ccc3c2c1. The van der Waals surface area contributed by atoms with E-state index in [-0.39, 0.29) is 11.6 Å². The highest BCUT2D eigenvalue weighted by atomic mass is 19.1. The smallest absolute Gasteiger partial charge is 0.123 e. The summed E-state index contributed by atoms with van der Waals surface area (Å²) in [6, 6.07) is 17.3. The Balaban J connectivity index is 0.000000693. The third-order valence-corrected chi connectivity index (χ3v) is 3.76. The molecule has 110 valence electrons. The highest BCUT2D eigenvalue weighted by Crippen LogP contribution is 2.31. The standard InChI is InChI=1S/C18H10F2.C2H6/c19-13-5-1-11-3-7-16-15(17(11)9-13)8-4-12-2-6-14(20)10-18(12)16;1-2/h1-10H;1-2H3. The van der Waals surface area contributed by atoms with Crippen molar-refractivity contribution in [2.24, 2.45) is 0 Å². The van der Waals surface area contributed by atoms with Gasteiger partial charge in [0.1, 0.15) is 11.6 Å². The molecule has 4 aromatic carbocycles. The van der Waals surface area contributed by atoms with Crippen LogP contribution in [0.5, 0.6) is 0 Å². The maximum absolute atomic E-state index is 13.5. The lowest BCUT2D eigenvalue weighted by Crippen LogP contribution is -1.83. The Morgan fingerprint density at radius 2 is 0.864 bits per heavy atom. The van der Waals surface area contributed by atoms with Crippen molar-refractivity contribution in [2.75, 3.05) is 0 Å². The maximum atomic E-state index is 13.5. The van der Waals surface area contributed by atoms with Gasteiger partial charge in [0.2, 0.25) is 0 Å². The van der Waals surface area contributed by atoms with Gasteiger partial charge in [0, 0.05) is 0 Å². The third-order valence-electron chi connectivity index (χ3n) is 3.76. The van der Waals surface area contributed by atoms with Crippen molar-refractivity contribution in [3.05, 3.63) is 72.3 Å². The van der Waals surface area contributed by atoms with Crippen molar-refractivity contribution in [2.45, 2.75) is 13.8 Å². The summed E-state index contributed by atoms with van der Waals surface area (Å²) in [6.07, 6.45) is 0. The molecule has 0 bridgehead atoms. The predicted octanol–water partition coefficient (Wildman–Crippen LogP) is 6.45. The van der Waals surface area contributed by atoms with E-state index in [0.717, 1.165) is 32.3 Å². The molecule has 4 rings (SSSR count). The maximum Gasteiger partial charge on any atom is 0.123 e. The molecule has 0 atom stereocenters. The fourth-order valence-electron chi connectivity index (χ4n) is 2.81. The second kappa shape index (κ2) is 5.72. The molecule has 0 spiro atoms. The van der Waals surface area contributed by atoms with Gasteiger partial charge in [0.05, 0.1) is 0 Å². The number of halogens is 2. The van der Waals surface area contributed by atoms with Crippen molar-refractivity contribution >= 4 is 32.3 Å². The van der Waals surface area contributed by atoms with Crippen LogP contribution in [0.25, 0.3) is 32.3 Å².